The van der Waals surface area contributed by atoms with Crippen LogP contribution in [0.2, 0.25) is 0 Å². The standard InChI is InChI=1S/C19H22N6O2S/c1-11-15(12-8-6-5-7-9-12)16(17(20)27)18(28-11)21-14(26)10-13-22-24-25(23-13)19(2,3)4/h5-9H,10H2,1-4H3,(H2,20,27)(H,21,26). The second-order valence-corrected chi connectivity index (χ2v) is 8.58. The van der Waals surface area contributed by atoms with Gasteiger partial charge >= 0.3 is 0 Å². The van der Waals surface area contributed by atoms with Crippen molar-refractivity contribution in [2.75, 3.05) is 5.32 Å². The van der Waals surface area contributed by atoms with Gasteiger partial charge in [0.2, 0.25) is 5.91 Å². The maximum Gasteiger partial charge on any atom is 0.252 e. The third-order valence-electron chi connectivity index (χ3n) is 4.02. The summed E-state index contributed by atoms with van der Waals surface area (Å²) in [5.74, 6) is -0.614. The largest absolute Gasteiger partial charge is 0.365 e. The average Bonchev–Trinajstić information content (AvgIpc) is 3.19. The molecule has 0 fully saturated rings. The Kier molecular flexibility index (Phi) is 5.28. The van der Waals surface area contributed by atoms with Crippen LogP contribution in [0.25, 0.3) is 11.1 Å². The van der Waals surface area contributed by atoms with Crippen molar-refractivity contribution in [3.63, 3.8) is 0 Å². The van der Waals surface area contributed by atoms with E-state index in [0.29, 0.717) is 16.4 Å². The molecule has 28 heavy (non-hydrogen) atoms. The molecule has 0 saturated heterocycles. The van der Waals surface area contributed by atoms with E-state index in [0.717, 1.165) is 16.0 Å². The summed E-state index contributed by atoms with van der Waals surface area (Å²) in [6, 6.07) is 9.48. The molecule has 0 bridgehead atoms. The Balaban J connectivity index is 1.85. The Morgan fingerprint density at radius 3 is 2.46 bits per heavy atom. The highest BCUT2D eigenvalue weighted by atomic mass is 32.1. The third kappa shape index (κ3) is 4.09. The van der Waals surface area contributed by atoms with E-state index in [4.69, 9.17) is 5.73 Å². The van der Waals surface area contributed by atoms with E-state index >= 15 is 0 Å². The van der Waals surface area contributed by atoms with Gasteiger partial charge < -0.3 is 11.1 Å². The Labute approximate surface area is 166 Å². The van der Waals surface area contributed by atoms with E-state index in [-0.39, 0.29) is 17.9 Å². The second kappa shape index (κ2) is 7.51. The Morgan fingerprint density at radius 2 is 1.89 bits per heavy atom. The summed E-state index contributed by atoms with van der Waals surface area (Å²) < 4.78 is 0. The number of carbonyl (C=O) groups is 2. The monoisotopic (exact) mass is 398 g/mol. The lowest BCUT2D eigenvalue weighted by atomic mass is 10.0. The predicted molar refractivity (Wildman–Crippen MR) is 108 cm³/mol. The lowest BCUT2D eigenvalue weighted by Gasteiger charge is -2.15. The molecular formula is C19H22N6O2S. The van der Waals surface area contributed by atoms with Crippen molar-refractivity contribution >= 4 is 28.2 Å². The molecule has 0 unspecified atom stereocenters. The topological polar surface area (TPSA) is 116 Å². The molecule has 0 spiro atoms. The first-order chi connectivity index (χ1) is 13.2. The van der Waals surface area contributed by atoms with Crippen LogP contribution in [-0.2, 0) is 16.8 Å². The lowest BCUT2D eigenvalue weighted by Crippen LogP contribution is -2.25. The Bertz CT molecular complexity index is 1020. The highest BCUT2D eigenvalue weighted by Gasteiger charge is 2.24. The molecule has 1 aromatic carbocycles. The molecule has 0 aliphatic rings. The van der Waals surface area contributed by atoms with Crippen LogP contribution >= 0.6 is 11.3 Å². The second-order valence-electron chi connectivity index (χ2n) is 7.36. The van der Waals surface area contributed by atoms with Gasteiger partial charge in [0.05, 0.1) is 17.5 Å². The summed E-state index contributed by atoms with van der Waals surface area (Å²) in [5, 5.41) is 15.3. The number of nitrogens with one attached hydrogen (secondary N) is 1. The number of carbonyl (C=O) groups excluding carboxylic acids is 2. The minimum absolute atomic E-state index is 0.0497. The van der Waals surface area contributed by atoms with Crippen molar-refractivity contribution in [1.82, 2.24) is 20.2 Å². The number of nitrogens with zero attached hydrogens (tertiary/aromatic N) is 4. The van der Waals surface area contributed by atoms with Gasteiger partial charge in [-0.2, -0.15) is 4.80 Å². The maximum atomic E-state index is 12.5. The Morgan fingerprint density at radius 1 is 1.21 bits per heavy atom. The molecule has 0 radical (unpaired) electrons. The fourth-order valence-corrected chi connectivity index (χ4v) is 3.83. The molecule has 0 atom stereocenters. The van der Waals surface area contributed by atoms with Crippen LogP contribution in [-0.4, -0.2) is 32.0 Å². The van der Waals surface area contributed by atoms with Gasteiger partial charge in [-0.1, -0.05) is 30.3 Å². The number of thiophene rings is 1. The van der Waals surface area contributed by atoms with Crippen LogP contribution in [0.3, 0.4) is 0 Å². The quantitative estimate of drug-likeness (QED) is 0.685. The van der Waals surface area contributed by atoms with Gasteiger partial charge in [-0.05, 0) is 38.5 Å². The summed E-state index contributed by atoms with van der Waals surface area (Å²) in [6.45, 7) is 7.72. The average molecular weight is 398 g/mol. The Hall–Kier alpha value is -3.07. The highest BCUT2D eigenvalue weighted by molar-refractivity contribution is 7.17. The van der Waals surface area contributed by atoms with Gasteiger partial charge in [-0.3, -0.25) is 9.59 Å². The molecule has 0 saturated carbocycles. The zero-order valence-corrected chi connectivity index (χ0v) is 17.0. The minimum atomic E-state index is -0.588. The van der Waals surface area contributed by atoms with Crippen molar-refractivity contribution in [1.29, 1.82) is 0 Å². The molecular weight excluding hydrogens is 376 g/mol. The maximum absolute atomic E-state index is 12.5. The zero-order chi connectivity index (χ0) is 20.5. The first kappa shape index (κ1) is 19.7. The predicted octanol–water partition coefficient (Wildman–Crippen LogP) is 2.75. The van der Waals surface area contributed by atoms with Crippen molar-refractivity contribution in [3.8, 4) is 11.1 Å². The number of benzene rings is 1. The molecule has 146 valence electrons. The molecule has 9 heteroatoms. The van der Waals surface area contributed by atoms with E-state index in [1.165, 1.54) is 16.1 Å². The molecule has 2 heterocycles. The van der Waals surface area contributed by atoms with E-state index in [1.54, 1.807) is 0 Å². The molecule has 0 aliphatic carbocycles. The molecule has 8 nitrogen and oxygen atoms in total. The van der Waals surface area contributed by atoms with Crippen LogP contribution < -0.4 is 11.1 Å². The molecule has 0 aliphatic heterocycles. The molecule has 3 rings (SSSR count). The van der Waals surface area contributed by atoms with E-state index in [2.05, 4.69) is 20.7 Å². The number of hydrogen-bond acceptors (Lipinski definition) is 6. The number of aryl methyl sites for hydroxylation is 1. The highest BCUT2D eigenvalue weighted by Crippen LogP contribution is 2.39. The fourth-order valence-electron chi connectivity index (χ4n) is 2.73. The van der Waals surface area contributed by atoms with Gasteiger partial charge in [0.25, 0.3) is 5.91 Å². The minimum Gasteiger partial charge on any atom is -0.365 e. The number of aromatic nitrogens is 4. The molecule has 3 aromatic rings. The van der Waals surface area contributed by atoms with Gasteiger partial charge in [0.1, 0.15) is 5.00 Å². The lowest BCUT2D eigenvalue weighted by molar-refractivity contribution is -0.115. The summed E-state index contributed by atoms with van der Waals surface area (Å²) in [7, 11) is 0. The van der Waals surface area contributed by atoms with Crippen molar-refractivity contribution in [2.24, 2.45) is 5.73 Å². The smallest absolute Gasteiger partial charge is 0.252 e. The number of primary amides is 1. The van der Waals surface area contributed by atoms with E-state index in [9.17, 15) is 9.59 Å². The van der Waals surface area contributed by atoms with Crippen LogP contribution in [0.15, 0.2) is 30.3 Å². The van der Waals surface area contributed by atoms with Gasteiger partial charge in [0.15, 0.2) is 5.82 Å². The molecule has 2 aromatic heterocycles. The van der Waals surface area contributed by atoms with Crippen LogP contribution in [0, 0.1) is 6.92 Å². The number of amides is 2. The number of rotatable bonds is 5. The van der Waals surface area contributed by atoms with Gasteiger partial charge in [-0.15, -0.1) is 21.5 Å². The number of nitrogens with two attached hydrogens (primary N) is 1. The summed E-state index contributed by atoms with van der Waals surface area (Å²) in [5.41, 5.74) is 7.23. The van der Waals surface area contributed by atoms with Gasteiger partial charge in [0, 0.05) is 10.4 Å². The first-order valence-corrected chi connectivity index (χ1v) is 9.56. The SMILES string of the molecule is Cc1sc(NC(=O)Cc2nnn(C(C)(C)C)n2)c(C(N)=O)c1-c1ccccc1. The number of hydrogen-bond donors (Lipinski definition) is 2. The van der Waals surface area contributed by atoms with E-state index in [1.807, 2.05) is 58.0 Å². The zero-order valence-electron chi connectivity index (χ0n) is 16.2. The van der Waals surface area contributed by atoms with Crippen molar-refractivity contribution < 1.29 is 9.59 Å². The summed E-state index contributed by atoms with van der Waals surface area (Å²) in [4.78, 5) is 27.0. The van der Waals surface area contributed by atoms with Crippen LogP contribution in [0.4, 0.5) is 5.00 Å². The van der Waals surface area contributed by atoms with Crippen molar-refractivity contribution in [3.05, 3.63) is 46.6 Å². The number of tetrazole rings is 1. The summed E-state index contributed by atoms with van der Waals surface area (Å²) in [6.07, 6.45) is -0.0497. The van der Waals surface area contributed by atoms with Crippen LogP contribution in [0.1, 0.15) is 41.8 Å². The van der Waals surface area contributed by atoms with E-state index < -0.39 is 5.91 Å². The van der Waals surface area contributed by atoms with Gasteiger partial charge in [-0.25, -0.2) is 0 Å². The third-order valence-corrected chi connectivity index (χ3v) is 5.04. The fraction of sp³-hybridized carbons (Fsp3) is 0.316. The van der Waals surface area contributed by atoms with Crippen molar-refractivity contribution in [2.45, 2.75) is 39.7 Å². The summed E-state index contributed by atoms with van der Waals surface area (Å²) >= 11 is 1.32. The molecule has 2 amide bonds. The number of anilines is 1. The normalized spacial score (nSPS) is 11.4. The molecule has 3 N–H and O–H groups in total. The van der Waals surface area contributed by atoms with Crippen LogP contribution in [0.5, 0.6) is 0 Å². The first-order valence-electron chi connectivity index (χ1n) is 8.74.